The summed E-state index contributed by atoms with van der Waals surface area (Å²) < 4.78 is 0. The summed E-state index contributed by atoms with van der Waals surface area (Å²) in [6, 6.07) is 18.8. The second-order valence-corrected chi connectivity index (χ2v) is 10.8. The molecule has 3 aliphatic rings. The third kappa shape index (κ3) is 3.28. The summed E-state index contributed by atoms with van der Waals surface area (Å²) in [5, 5.41) is 7.81. The van der Waals surface area contributed by atoms with Crippen LogP contribution in [0.3, 0.4) is 0 Å². The highest BCUT2D eigenvalue weighted by molar-refractivity contribution is 6.31. The van der Waals surface area contributed by atoms with Gasteiger partial charge in [-0.25, -0.2) is 4.90 Å². The normalized spacial score (nSPS) is 25.4. The van der Waals surface area contributed by atoms with Gasteiger partial charge in [0.05, 0.1) is 17.5 Å². The van der Waals surface area contributed by atoms with Crippen LogP contribution >= 0.6 is 11.6 Å². The summed E-state index contributed by atoms with van der Waals surface area (Å²) in [4.78, 5) is 58.2. The average Bonchev–Trinajstić information content (AvgIpc) is 3.63. The molecule has 4 aromatic rings. The number of Topliss-reactive ketones (excluding diaryl/α,β-unsaturated/α-hetero) is 1. The zero-order valence-electron chi connectivity index (χ0n) is 20.8. The van der Waals surface area contributed by atoms with E-state index in [9.17, 15) is 19.2 Å². The molecule has 1 aromatic heterocycles. The minimum Gasteiger partial charge on any atom is -0.361 e. The van der Waals surface area contributed by atoms with Crippen molar-refractivity contribution in [1.29, 1.82) is 0 Å². The van der Waals surface area contributed by atoms with Crippen molar-refractivity contribution in [3.63, 3.8) is 0 Å². The van der Waals surface area contributed by atoms with E-state index in [4.69, 9.17) is 11.6 Å². The number of carbonyl (C=O) groups is 4. The Hall–Kier alpha value is -4.27. The van der Waals surface area contributed by atoms with E-state index in [1.807, 2.05) is 30.5 Å². The van der Waals surface area contributed by atoms with Crippen molar-refractivity contribution < 1.29 is 19.2 Å². The highest BCUT2D eigenvalue weighted by Crippen LogP contribution is 2.54. The van der Waals surface area contributed by atoms with Gasteiger partial charge in [0.1, 0.15) is 5.54 Å². The van der Waals surface area contributed by atoms with Crippen molar-refractivity contribution >= 4 is 57.4 Å². The first kappa shape index (κ1) is 23.8. The summed E-state index contributed by atoms with van der Waals surface area (Å²) in [6.07, 6.45) is 2.33. The SMILES string of the molecule is CC(=O)c1ccc(N2C(=O)[C@H]3[C@@H](C2=O)[C@@]2(N[C@@H]3Cc3c[nH]c4ccccc34)C(=O)Nc3ccc(Cl)cc32)cc1. The average molecular weight is 539 g/mol. The fraction of sp³-hybridized carbons (Fsp3) is 0.200. The Labute approximate surface area is 228 Å². The molecule has 39 heavy (non-hydrogen) atoms. The first-order valence-electron chi connectivity index (χ1n) is 12.7. The quantitative estimate of drug-likeness (QED) is 0.266. The number of halogens is 1. The minimum atomic E-state index is -1.46. The third-order valence-electron chi connectivity index (χ3n) is 8.32. The van der Waals surface area contributed by atoms with Gasteiger partial charge in [-0.2, -0.15) is 0 Å². The fourth-order valence-electron chi connectivity index (χ4n) is 6.59. The molecule has 1 spiro atoms. The first-order chi connectivity index (χ1) is 18.8. The van der Waals surface area contributed by atoms with E-state index in [-0.39, 0.29) is 17.6 Å². The van der Waals surface area contributed by atoms with E-state index in [1.165, 1.54) is 11.8 Å². The van der Waals surface area contributed by atoms with Crippen molar-refractivity contribution in [3.8, 4) is 0 Å². The molecule has 0 aliphatic carbocycles. The second kappa shape index (κ2) is 8.36. The first-order valence-corrected chi connectivity index (χ1v) is 13.1. The van der Waals surface area contributed by atoms with Crippen LogP contribution in [0.1, 0.15) is 28.4 Å². The summed E-state index contributed by atoms with van der Waals surface area (Å²) in [5.41, 5.74) is 2.46. The molecule has 194 valence electrons. The molecule has 3 aromatic carbocycles. The Morgan fingerprint density at radius 2 is 1.77 bits per heavy atom. The Bertz CT molecular complexity index is 1730. The lowest BCUT2D eigenvalue weighted by molar-refractivity contribution is -0.130. The van der Waals surface area contributed by atoms with E-state index in [2.05, 4.69) is 15.6 Å². The van der Waals surface area contributed by atoms with Crippen LogP contribution in [0.2, 0.25) is 5.02 Å². The van der Waals surface area contributed by atoms with E-state index in [0.717, 1.165) is 16.5 Å². The van der Waals surface area contributed by atoms with Crippen LogP contribution in [-0.4, -0.2) is 34.5 Å². The number of carbonyl (C=O) groups excluding carboxylic acids is 4. The molecule has 7 rings (SSSR count). The highest BCUT2D eigenvalue weighted by Gasteiger charge is 2.70. The molecule has 0 saturated carbocycles. The van der Waals surface area contributed by atoms with Gasteiger partial charge in [-0.3, -0.25) is 24.5 Å². The number of H-pyrrole nitrogens is 1. The van der Waals surface area contributed by atoms with Gasteiger partial charge >= 0.3 is 0 Å². The Balaban J connectivity index is 1.36. The molecular formula is C30H23ClN4O4. The molecule has 2 saturated heterocycles. The number of nitrogens with one attached hydrogen (secondary N) is 3. The zero-order valence-corrected chi connectivity index (χ0v) is 21.6. The highest BCUT2D eigenvalue weighted by atomic mass is 35.5. The van der Waals surface area contributed by atoms with Gasteiger partial charge in [0.25, 0.3) is 0 Å². The summed E-state index contributed by atoms with van der Waals surface area (Å²) >= 11 is 6.36. The molecule has 8 nitrogen and oxygen atoms in total. The van der Waals surface area contributed by atoms with Gasteiger partial charge in [-0.1, -0.05) is 29.8 Å². The number of rotatable bonds is 4. The van der Waals surface area contributed by atoms with Crippen LogP contribution in [0.15, 0.2) is 72.9 Å². The number of aromatic amines is 1. The molecule has 3 amide bonds. The largest absolute Gasteiger partial charge is 0.361 e. The third-order valence-corrected chi connectivity index (χ3v) is 8.56. The number of nitrogens with zero attached hydrogens (tertiary/aromatic N) is 1. The van der Waals surface area contributed by atoms with Crippen molar-refractivity contribution in [1.82, 2.24) is 10.3 Å². The van der Waals surface area contributed by atoms with Crippen molar-refractivity contribution in [3.05, 3.63) is 94.6 Å². The number of hydrogen-bond donors (Lipinski definition) is 3. The molecule has 3 aliphatic heterocycles. The number of imide groups is 1. The maximum Gasteiger partial charge on any atom is 0.250 e. The van der Waals surface area contributed by atoms with Gasteiger partial charge in [0, 0.05) is 45.0 Å². The molecule has 3 N–H and O–H groups in total. The molecule has 0 bridgehead atoms. The van der Waals surface area contributed by atoms with E-state index in [0.29, 0.717) is 33.9 Å². The van der Waals surface area contributed by atoms with Crippen molar-refractivity contribution in [2.24, 2.45) is 11.8 Å². The Morgan fingerprint density at radius 3 is 2.54 bits per heavy atom. The van der Waals surface area contributed by atoms with Crippen LogP contribution in [0.25, 0.3) is 10.9 Å². The standard InChI is InChI=1S/C30H23ClN4O4/c1-15(36)16-6-9-19(10-7-16)35-27(37)25-24(12-17-14-32-22-5-3-2-4-20(17)22)34-30(26(25)28(35)38)21-13-18(31)8-11-23(21)33-29(30)39/h2-11,13-14,24-26,32,34H,12H2,1H3,(H,33,39)/t24-,25-,26+,30-/m1/s1. The maximum absolute atomic E-state index is 14.2. The van der Waals surface area contributed by atoms with Crippen molar-refractivity contribution in [2.75, 3.05) is 10.2 Å². The maximum atomic E-state index is 14.2. The van der Waals surface area contributed by atoms with Gasteiger partial charge in [0.15, 0.2) is 5.78 Å². The van der Waals surface area contributed by atoms with Crippen LogP contribution in [0.5, 0.6) is 0 Å². The number of fused-ring (bicyclic) bond motifs is 5. The van der Waals surface area contributed by atoms with Gasteiger partial charge < -0.3 is 10.3 Å². The number of ketones is 1. The lowest BCUT2D eigenvalue weighted by atomic mass is 9.76. The summed E-state index contributed by atoms with van der Waals surface area (Å²) in [5.74, 6) is -3.11. The van der Waals surface area contributed by atoms with Crippen LogP contribution in [0, 0.1) is 11.8 Å². The predicted molar refractivity (Wildman–Crippen MR) is 147 cm³/mol. The zero-order chi connectivity index (χ0) is 27.1. The van der Waals surface area contributed by atoms with E-state index < -0.39 is 29.3 Å². The number of hydrogen-bond acceptors (Lipinski definition) is 5. The van der Waals surface area contributed by atoms with Gasteiger partial charge in [-0.05, 0) is 67.4 Å². The molecule has 4 atom stereocenters. The van der Waals surface area contributed by atoms with Crippen LogP contribution in [0.4, 0.5) is 11.4 Å². The minimum absolute atomic E-state index is 0.115. The van der Waals surface area contributed by atoms with Gasteiger partial charge in [0.2, 0.25) is 17.7 Å². The molecule has 4 heterocycles. The smallest absolute Gasteiger partial charge is 0.250 e. The molecular weight excluding hydrogens is 516 g/mol. The molecule has 2 fully saturated rings. The lowest BCUT2D eigenvalue weighted by Crippen LogP contribution is -2.53. The van der Waals surface area contributed by atoms with Crippen molar-refractivity contribution in [2.45, 2.75) is 24.9 Å². The number of para-hydroxylation sites is 1. The Morgan fingerprint density at radius 1 is 1.00 bits per heavy atom. The molecule has 0 radical (unpaired) electrons. The number of anilines is 2. The second-order valence-electron chi connectivity index (χ2n) is 10.4. The Kier molecular flexibility index (Phi) is 5.11. The molecule has 0 unspecified atom stereocenters. The van der Waals surface area contributed by atoms with E-state index >= 15 is 0 Å². The monoisotopic (exact) mass is 538 g/mol. The molecule has 9 heteroatoms. The van der Waals surface area contributed by atoms with Crippen LogP contribution < -0.4 is 15.5 Å². The number of aromatic nitrogens is 1. The fourth-order valence-corrected chi connectivity index (χ4v) is 6.76. The number of amides is 3. The summed E-state index contributed by atoms with van der Waals surface area (Å²) in [7, 11) is 0. The van der Waals surface area contributed by atoms with Crippen LogP contribution in [-0.2, 0) is 26.3 Å². The van der Waals surface area contributed by atoms with E-state index in [1.54, 1.807) is 42.5 Å². The number of benzene rings is 3. The lowest BCUT2D eigenvalue weighted by Gasteiger charge is -2.29. The van der Waals surface area contributed by atoms with Gasteiger partial charge in [-0.15, -0.1) is 0 Å². The predicted octanol–water partition coefficient (Wildman–Crippen LogP) is 4.19. The topological polar surface area (TPSA) is 111 Å². The summed E-state index contributed by atoms with van der Waals surface area (Å²) in [6.45, 7) is 1.46.